The number of anilines is 1. The number of rotatable bonds is 4. The van der Waals surface area contributed by atoms with E-state index in [2.05, 4.69) is 4.98 Å². The van der Waals surface area contributed by atoms with Crippen molar-refractivity contribution in [2.75, 3.05) is 24.6 Å². The van der Waals surface area contributed by atoms with Crippen molar-refractivity contribution < 1.29 is 19.4 Å². The predicted octanol–water partition coefficient (Wildman–Crippen LogP) is 2.08. The molecule has 1 aliphatic rings. The lowest BCUT2D eigenvalue weighted by Gasteiger charge is -2.23. The SMILES string of the molecule is O=C(O)c1cccc(N2CC(c3ccccc3)C(F)(CO)C2)n1. The quantitative estimate of drug-likeness (QED) is 0.903. The molecule has 6 heteroatoms. The fourth-order valence-electron chi connectivity index (χ4n) is 3.02. The standard InChI is InChI=1S/C17H17FN2O3/c18-17(11-21)10-20(9-13(17)12-5-2-1-3-6-12)15-8-4-7-14(19-15)16(22)23/h1-8,13,21H,9-11H2,(H,22,23). The van der Waals surface area contributed by atoms with Gasteiger partial charge in [0.1, 0.15) is 5.82 Å². The van der Waals surface area contributed by atoms with E-state index in [-0.39, 0.29) is 12.2 Å². The summed E-state index contributed by atoms with van der Waals surface area (Å²) in [5.41, 5.74) is -1.07. The maximum absolute atomic E-state index is 15.2. The Balaban J connectivity index is 1.92. The Morgan fingerprint density at radius 1 is 1.26 bits per heavy atom. The number of carbonyl (C=O) groups is 1. The lowest BCUT2D eigenvalue weighted by Crippen LogP contribution is -2.36. The van der Waals surface area contributed by atoms with Crippen molar-refractivity contribution in [1.82, 2.24) is 4.98 Å². The molecule has 2 unspecified atom stereocenters. The number of nitrogens with zero attached hydrogens (tertiary/aromatic N) is 2. The molecule has 5 nitrogen and oxygen atoms in total. The van der Waals surface area contributed by atoms with Gasteiger partial charge in [0.15, 0.2) is 11.4 Å². The van der Waals surface area contributed by atoms with E-state index >= 15 is 4.39 Å². The Morgan fingerprint density at radius 2 is 2.00 bits per heavy atom. The van der Waals surface area contributed by atoms with Crippen molar-refractivity contribution >= 4 is 11.8 Å². The zero-order valence-electron chi connectivity index (χ0n) is 12.4. The van der Waals surface area contributed by atoms with E-state index in [1.165, 1.54) is 6.07 Å². The van der Waals surface area contributed by atoms with Crippen LogP contribution in [0.2, 0.25) is 0 Å². The van der Waals surface area contributed by atoms with Crippen LogP contribution in [0, 0.1) is 0 Å². The molecule has 1 saturated heterocycles. The number of aliphatic hydroxyl groups is 1. The summed E-state index contributed by atoms with van der Waals surface area (Å²) in [4.78, 5) is 16.8. The Hall–Kier alpha value is -2.47. The van der Waals surface area contributed by atoms with Crippen LogP contribution in [0.1, 0.15) is 22.0 Å². The summed E-state index contributed by atoms with van der Waals surface area (Å²) in [5, 5.41) is 18.6. The van der Waals surface area contributed by atoms with Gasteiger partial charge in [0, 0.05) is 12.5 Å². The maximum atomic E-state index is 15.2. The largest absolute Gasteiger partial charge is 0.477 e. The van der Waals surface area contributed by atoms with Crippen molar-refractivity contribution in [1.29, 1.82) is 0 Å². The van der Waals surface area contributed by atoms with Crippen LogP contribution < -0.4 is 4.90 Å². The molecule has 2 atom stereocenters. The van der Waals surface area contributed by atoms with E-state index in [9.17, 15) is 9.90 Å². The van der Waals surface area contributed by atoms with Gasteiger partial charge in [-0.05, 0) is 17.7 Å². The summed E-state index contributed by atoms with van der Waals surface area (Å²) in [6, 6.07) is 13.8. The first-order valence-corrected chi connectivity index (χ1v) is 7.33. The minimum absolute atomic E-state index is 0.0286. The topological polar surface area (TPSA) is 73.7 Å². The number of aromatic nitrogens is 1. The Morgan fingerprint density at radius 3 is 2.65 bits per heavy atom. The summed E-state index contributed by atoms with van der Waals surface area (Å²) in [5.74, 6) is -1.22. The van der Waals surface area contributed by atoms with Gasteiger partial charge in [-0.3, -0.25) is 0 Å². The number of aromatic carboxylic acids is 1. The molecule has 120 valence electrons. The monoisotopic (exact) mass is 316 g/mol. The van der Waals surface area contributed by atoms with Crippen LogP contribution in [0.3, 0.4) is 0 Å². The van der Waals surface area contributed by atoms with E-state index in [0.29, 0.717) is 12.4 Å². The number of carboxylic acids is 1. The van der Waals surface area contributed by atoms with Gasteiger partial charge < -0.3 is 15.1 Å². The smallest absolute Gasteiger partial charge is 0.354 e. The highest BCUT2D eigenvalue weighted by Crippen LogP contribution is 2.40. The average molecular weight is 316 g/mol. The van der Waals surface area contributed by atoms with Gasteiger partial charge in [0.25, 0.3) is 0 Å². The minimum Gasteiger partial charge on any atom is -0.477 e. The van der Waals surface area contributed by atoms with Gasteiger partial charge >= 0.3 is 5.97 Å². The van der Waals surface area contributed by atoms with Gasteiger partial charge in [-0.1, -0.05) is 36.4 Å². The van der Waals surface area contributed by atoms with Crippen LogP contribution >= 0.6 is 0 Å². The number of hydrogen-bond donors (Lipinski definition) is 2. The summed E-state index contributed by atoms with van der Waals surface area (Å²) in [6.45, 7) is -0.294. The van der Waals surface area contributed by atoms with Gasteiger partial charge in [-0.25, -0.2) is 14.2 Å². The lowest BCUT2D eigenvalue weighted by atomic mass is 9.87. The Labute approximate surface area is 133 Å². The van der Waals surface area contributed by atoms with E-state index in [4.69, 9.17) is 5.11 Å². The number of hydrogen-bond acceptors (Lipinski definition) is 4. The molecule has 1 aromatic heterocycles. The van der Waals surface area contributed by atoms with Crippen LogP contribution in [0.4, 0.5) is 10.2 Å². The van der Waals surface area contributed by atoms with Crippen LogP contribution in [0.5, 0.6) is 0 Å². The molecule has 1 aromatic carbocycles. The first-order chi connectivity index (χ1) is 11.0. The molecule has 1 aliphatic heterocycles. The summed E-state index contributed by atoms with van der Waals surface area (Å²) < 4.78 is 15.2. The molecular formula is C17H17FN2O3. The second-order valence-corrected chi connectivity index (χ2v) is 5.72. The fourth-order valence-corrected chi connectivity index (χ4v) is 3.02. The zero-order chi connectivity index (χ0) is 16.4. The third-order valence-corrected chi connectivity index (χ3v) is 4.22. The highest BCUT2D eigenvalue weighted by Gasteiger charge is 2.48. The molecule has 0 radical (unpaired) electrons. The number of aliphatic hydroxyl groups excluding tert-OH is 1. The number of pyridine rings is 1. The van der Waals surface area contributed by atoms with Crippen LogP contribution in [-0.4, -0.2) is 46.5 Å². The van der Waals surface area contributed by atoms with Gasteiger partial charge in [-0.15, -0.1) is 0 Å². The van der Waals surface area contributed by atoms with Crippen molar-refractivity contribution in [2.45, 2.75) is 11.6 Å². The van der Waals surface area contributed by atoms with Crippen molar-refractivity contribution in [3.8, 4) is 0 Å². The van der Waals surface area contributed by atoms with Crippen LogP contribution in [0.15, 0.2) is 48.5 Å². The molecule has 0 aliphatic carbocycles. The molecule has 0 spiro atoms. The Kier molecular flexibility index (Phi) is 4.00. The highest BCUT2D eigenvalue weighted by molar-refractivity contribution is 5.85. The second kappa shape index (κ2) is 5.96. The molecule has 0 saturated carbocycles. The van der Waals surface area contributed by atoms with Crippen LogP contribution in [-0.2, 0) is 0 Å². The summed E-state index contributed by atoms with van der Waals surface area (Å²) in [6.07, 6.45) is 0. The first-order valence-electron chi connectivity index (χ1n) is 7.33. The second-order valence-electron chi connectivity index (χ2n) is 5.72. The maximum Gasteiger partial charge on any atom is 0.354 e. The van der Waals surface area contributed by atoms with Gasteiger partial charge in [0.05, 0.1) is 13.2 Å². The van der Waals surface area contributed by atoms with E-state index in [0.717, 1.165) is 5.56 Å². The average Bonchev–Trinajstić information content (AvgIpc) is 2.94. The number of carboxylic acid groups (broad SMARTS) is 1. The molecular weight excluding hydrogens is 299 g/mol. The van der Waals surface area contributed by atoms with Crippen molar-refractivity contribution in [3.05, 3.63) is 59.8 Å². The molecule has 3 rings (SSSR count). The first kappa shape index (κ1) is 15.4. The highest BCUT2D eigenvalue weighted by atomic mass is 19.1. The zero-order valence-corrected chi connectivity index (χ0v) is 12.4. The molecule has 23 heavy (non-hydrogen) atoms. The van der Waals surface area contributed by atoms with Crippen LogP contribution in [0.25, 0.3) is 0 Å². The number of benzene rings is 1. The minimum atomic E-state index is -1.79. The molecule has 0 amide bonds. The van der Waals surface area contributed by atoms with Gasteiger partial charge in [0.2, 0.25) is 0 Å². The summed E-state index contributed by atoms with van der Waals surface area (Å²) >= 11 is 0. The van der Waals surface area contributed by atoms with E-state index < -0.39 is 24.2 Å². The van der Waals surface area contributed by atoms with Gasteiger partial charge in [-0.2, -0.15) is 0 Å². The number of alkyl halides is 1. The molecule has 2 aromatic rings. The predicted molar refractivity (Wildman–Crippen MR) is 83.5 cm³/mol. The fraction of sp³-hybridized carbons (Fsp3) is 0.294. The lowest BCUT2D eigenvalue weighted by molar-refractivity contribution is 0.0690. The molecule has 2 heterocycles. The van der Waals surface area contributed by atoms with Crippen molar-refractivity contribution in [3.63, 3.8) is 0 Å². The van der Waals surface area contributed by atoms with E-state index in [1.54, 1.807) is 17.0 Å². The third-order valence-electron chi connectivity index (χ3n) is 4.22. The third kappa shape index (κ3) is 2.90. The normalized spacial score (nSPS) is 23.9. The van der Waals surface area contributed by atoms with E-state index in [1.807, 2.05) is 30.3 Å². The summed E-state index contributed by atoms with van der Waals surface area (Å²) in [7, 11) is 0. The molecule has 0 bridgehead atoms. The molecule has 1 fully saturated rings. The Bertz CT molecular complexity index is 710. The number of halogens is 1. The molecule has 2 N–H and O–H groups in total. The van der Waals surface area contributed by atoms with Crippen molar-refractivity contribution in [2.24, 2.45) is 0 Å².